The summed E-state index contributed by atoms with van der Waals surface area (Å²) in [7, 11) is 0. The van der Waals surface area contributed by atoms with Gasteiger partial charge in [0.1, 0.15) is 0 Å². The fraction of sp³-hybridized carbons (Fsp3) is 0.964. The van der Waals surface area contributed by atoms with Gasteiger partial charge < -0.3 is 10.2 Å². The quantitative estimate of drug-likeness (QED) is 0.0471. The third-order valence-corrected chi connectivity index (χ3v) is 29.4. The topological polar surface area (TPSA) is 74.6 Å². The van der Waals surface area contributed by atoms with Crippen LogP contribution in [0.15, 0.2) is 0 Å². The summed E-state index contributed by atoms with van der Waals surface area (Å²) in [5, 5.41) is 16.8. The van der Waals surface area contributed by atoms with Gasteiger partial charge in [0.2, 0.25) is 0 Å². The number of rotatable bonds is 48. The Morgan fingerprint density at radius 2 is 0.393 bits per heavy atom. The Kier molecular flexibility index (Phi) is 61.6. The molecule has 0 bridgehead atoms. The van der Waals surface area contributed by atoms with Crippen LogP contribution in [-0.4, -0.2) is 40.5 Å². The zero-order chi connectivity index (χ0) is 45.6. The normalized spacial score (nSPS) is 11.2. The van der Waals surface area contributed by atoms with Crippen LogP contribution in [0.1, 0.15) is 324 Å². The molecular weight excluding hydrogens is 855 g/mol. The van der Waals surface area contributed by atoms with Gasteiger partial charge in [0.15, 0.2) is 0 Å². The van der Waals surface area contributed by atoms with Gasteiger partial charge in [-0.1, -0.05) is 117 Å². The van der Waals surface area contributed by atoms with Crippen LogP contribution in [0.3, 0.4) is 0 Å². The van der Waals surface area contributed by atoms with Gasteiger partial charge in [-0.2, -0.15) is 0 Å². The number of aliphatic carboxylic acids is 2. The molecule has 0 heterocycles. The number of carboxylic acids is 2. The van der Waals surface area contributed by atoms with Crippen molar-refractivity contribution in [3.05, 3.63) is 0 Å². The average molecular weight is 972 g/mol. The van der Waals surface area contributed by atoms with Gasteiger partial charge in [-0.25, -0.2) is 0 Å². The van der Waals surface area contributed by atoms with E-state index in [9.17, 15) is 9.59 Å². The van der Waals surface area contributed by atoms with Crippen molar-refractivity contribution >= 4 is 30.3 Å². The Morgan fingerprint density at radius 3 is 0.557 bits per heavy atom. The van der Waals surface area contributed by atoms with E-state index in [1.165, 1.54) is 193 Å². The molecule has 0 radical (unpaired) electrons. The maximum absolute atomic E-state index is 10.2. The first-order valence-corrected chi connectivity index (χ1v) is 36.3. The standard InChI is InChI=1S/2C12H24O2.4C8H17.Sn/c2*1-2-3-4-5-6-7-8-9-10-11-12(13)14;4*1-3-5-7-8-6-4-2;/h2*2-11H2,1H3,(H,13,14);4*1,3-8H2,2H3;. The second-order valence-corrected chi connectivity index (χ2v) is 33.8. The van der Waals surface area contributed by atoms with Gasteiger partial charge in [0, 0.05) is 12.8 Å². The van der Waals surface area contributed by atoms with Crippen LogP contribution in [0.4, 0.5) is 0 Å². The summed E-state index contributed by atoms with van der Waals surface area (Å²) in [5.41, 5.74) is 0. The van der Waals surface area contributed by atoms with Gasteiger partial charge in [-0.05, 0) is 12.8 Å². The van der Waals surface area contributed by atoms with E-state index in [-0.39, 0.29) is 0 Å². The molecule has 0 aliphatic rings. The van der Waals surface area contributed by atoms with E-state index in [0.717, 1.165) is 25.7 Å². The van der Waals surface area contributed by atoms with E-state index < -0.39 is 30.3 Å². The van der Waals surface area contributed by atoms with Gasteiger partial charge in [0.05, 0.1) is 0 Å². The van der Waals surface area contributed by atoms with E-state index in [4.69, 9.17) is 10.2 Å². The molecule has 0 amide bonds. The van der Waals surface area contributed by atoms with Crippen LogP contribution in [0.2, 0.25) is 17.7 Å². The molecule has 2 N–H and O–H groups in total. The second kappa shape index (κ2) is 57.8. The molecule has 0 aromatic heterocycles. The Labute approximate surface area is 389 Å². The summed E-state index contributed by atoms with van der Waals surface area (Å²) in [6, 6.07) is 0. The maximum atomic E-state index is 10.2. The Balaban J connectivity index is -0.000000984. The van der Waals surface area contributed by atoms with Gasteiger partial charge in [-0.15, -0.1) is 0 Å². The molecule has 0 saturated heterocycles. The zero-order valence-electron chi connectivity index (χ0n) is 43.2. The zero-order valence-corrected chi connectivity index (χ0v) is 46.0. The van der Waals surface area contributed by atoms with Crippen LogP contribution < -0.4 is 0 Å². The number of unbranched alkanes of at least 4 members (excludes halogenated alkanes) is 36. The van der Waals surface area contributed by atoms with Crippen molar-refractivity contribution < 1.29 is 19.8 Å². The monoisotopic (exact) mass is 973 g/mol. The first kappa shape index (κ1) is 65.0. The van der Waals surface area contributed by atoms with E-state index in [0.29, 0.717) is 12.8 Å². The SMILES string of the molecule is CCCCCCCCCCCC(=O)O.CCCCCCCCCCCC(=O)O.CCCCCCC[CH2][Sn]([CH2]CCCCCCC)([CH2]CCCCCCC)[CH2]CCCCCCC. The van der Waals surface area contributed by atoms with Crippen LogP contribution in [-0.2, 0) is 9.59 Å². The van der Waals surface area contributed by atoms with Crippen LogP contribution in [0, 0.1) is 0 Å². The van der Waals surface area contributed by atoms with Crippen molar-refractivity contribution in [3.63, 3.8) is 0 Å². The predicted molar refractivity (Wildman–Crippen MR) is 277 cm³/mol. The summed E-state index contributed by atoms with van der Waals surface area (Å²) in [6.45, 7) is 13.9. The molecule has 61 heavy (non-hydrogen) atoms. The number of carboxylic acid groups (broad SMARTS) is 2. The molecule has 0 rings (SSSR count). The van der Waals surface area contributed by atoms with Crippen molar-refractivity contribution in [3.8, 4) is 0 Å². The third kappa shape index (κ3) is 59.7. The summed E-state index contributed by atoms with van der Waals surface area (Å²) >= 11 is -1.97. The molecule has 0 unspecified atom stereocenters. The van der Waals surface area contributed by atoms with Crippen LogP contribution >= 0.6 is 0 Å². The molecule has 368 valence electrons. The molecular formula is C56H116O4Sn. The van der Waals surface area contributed by atoms with Crippen molar-refractivity contribution in [2.24, 2.45) is 0 Å². The summed E-state index contributed by atoms with van der Waals surface area (Å²) in [4.78, 5) is 20.4. The number of hydrogen-bond donors (Lipinski definition) is 2. The number of hydrogen-bond acceptors (Lipinski definition) is 2. The minimum absolute atomic E-state index is 0.343. The van der Waals surface area contributed by atoms with E-state index >= 15 is 0 Å². The van der Waals surface area contributed by atoms with E-state index in [2.05, 4.69) is 41.5 Å². The summed E-state index contributed by atoms with van der Waals surface area (Å²) in [6.07, 6.45) is 58.9. The molecule has 0 aliphatic heterocycles. The van der Waals surface area contributed by atoms with Crippen molar-refractivity contribution in [1.29, 1.82) is 0 Å². The Morgan fingerprint density at radius 1 is 0.246 bits per heavy atom. The predicted octanol–water partition coefficient (Wildman–Crippen LogP) is 20.9. The van der Waals surface area contributed by atoms with Crippen molar-refractivity contribution in [2.45, 2.75) is 342 Å². The Bertz CT molecular complexity index is 715. The molecule has 0 aliphatic carbocycles. The Hall–Kier alpha value is -0.261. The molecule has 5 heteroatoms. The first-order valence-electron chi connectivity index (χ1n) is 28.2. The molecule has 0 aromatic rings. The number of carbonyl (C=O) groups is 2. The van der Waals surface area contributed by atoms with Gasteiger partial charge >= 0.3 is 230 Å². The first-order chi connectivity index (χ1) is 29.8. The van der Waals surface area contributed by atoms with Crippen LogP contribution in [0.5, 0.6) is 0 Å². The van der Waals surface area contributed by atoms with Gasteiger partial charge in [-0.3, -0.25) is 9.59 Å². The molecule has 4 nitrogen and oxygen atoms in total. The average Bonchev–Trinajstić information content (AvgIpc) is 3.25. The fourth-order valence-electron chi connectivity index (χ4n) is 9.05. The molecule has 0 aromatic carbocycles. The summed E-state index contributed by atoms with van der Waals surface area (Å²) in [5.74, 6) is -1.32. The van der Waals surface area contributed by atoms with Crippen molar-refractivity contribution in [1.82, 2.24) is 0 Å². The van der Waals surface area contributed by atoms with Crippen molar-refractivity contribution in [2.75, 3.05) is 0 Å². The van der Waals surface area contributed by atoms with E-state index in [1.807, 2.05) is 0 Å². The molecule has 0 fully saturated rings. The molecule has 0 spiro atoms. The molecule has 0 saturated carbocycles. The van der Waals surface area contributed by atoms with E-state index in [1.54, 1.807) is 69.1 Å². The third-order valence-electron chi connectivity index (χ3n) is 13.2. The van der Waals surface area contributed by atoms with Crippen LogP contribution in [0.25, 0.3) is 0 Å². The minimum atomic E-state index is -1.97. The summed E-state index contributed by atoms with van der Waals surface area (Å²) < 4.78 is 7.00. The molecule has 0 atom stereocenters. The second-order valence-electron chi connectivity index (χ2n) is 19.5. The fourth-order valence-corrected chi connectivity index (χ4v) is 24.7. The van der Waals surface area contributed by atoms with Gasteiger partial charge in [0.25, 0.3) is 0 Å².